The van der Waals surface area contributed by atoms with Gasteiger partial charge in [-0.15, -0.1) is 0 Å². The number of methoxy groups -OCH3 is 1. The number of nitro groups is 1. The van der Waals surface area contributed by atoms with Crippen LogP contribution < -0.4 is 9.64 Å². The van der Waals surface area contributed by atoms with Crippen LogP contribution in [0.4, 0.5) is 11.4 Å². The smallest absolute Gasteiger partial charge is 0.269 e. The van der Waals surface area contributed by atoms with Crippen molar-refractivity contribution in [1.29, 1.82) is 0 Å². The molecule has 2 aromatic rings. The Balaban J connectivity index is 1.30. The van der Waals surface area contributed by atoms with Crippen LogP contribution in [0.1, 0.15) is 12.0 Å². The van der Waals surface area contributed by atoms with E-state index in [0.717, 1.165) is 12.0 Å². The number of nitrogens with zero attached hydrogens (tertiary/aromatic N) is 3. The van der Waals surface area contributed by atoms with Gasteiger partial charge in [0.1, 0.15) is 11.9 Å². The number of rotatable bonds is 4. The number of amides is 2. The van der Waals surface area contributed by atoms with Crippen molar-refractivity contribution in [2.24, 2.45) is 34.7 Å². The van der Waals surface area contributed by atoms with Crippen LogP contribution in [-0.2, 0) is 14.4 Å². The quantitative estimate of drug-likeness (QED) is 0.416. The predicted octanol–water partition coefficient (Wildman–Crippen LogP) is 2.78. The summed E-state index contributed by atoms with van der Waals surface area (Å²) in [6.45, 7) is 0. The molecule has 2 bridgehead atoms. The molecule has 2 heterocycles. The maximum absolute atomic E-state index is 13.4. The molecule has 1 saturated heterocycles. The number of ether oxygens (including phenoxy) is 1. The maximum atomic E-state index is 13.4. The normalized spacial score (nSPS) is 31.9. The zero-order valence-corrected chi connectivity index (χ0v) is 17.1. The van der Waals surface area contributed by atoms with Gasteiger partial charge < -0.3 is 9.57 Å². The number of imide groups is 1. The molecule has 0 aromatic heterocycles. The van der Waals surface area contributed by atoms with Crippen molar-refractivity contribution in [2.75, 3.05) is 12.0 Å². The number of hydrogen-bond donors (Lipinski definition) is 0. The van der Waals surface area contributed by atoms with Gasteiger partial charge in [-0.3, -0.25) is 24.6 Å². The number of carbonyl (C=O) groups is 2. The summed E-state index contributed by atoms with van der Waals surface area (Å²) in [5.41, 5.74) is 2.00. The van der Waals surface area contributed by atoms with E-state index in [4.69, 9.17) is 9.57 Å². The van der Waals surface area contributed by atoms with E-state index in [-0.39, 0.29) is 41.4 Å². The summed E-state index contributed by atoms with van der Waals surface area (Å²) in [6.07, 6.45) is 0.490. The topological polar surface area (TPSA) is 111 Å². The van der Waals surface area contributed by atoms with Crippen LogP contribution in [0.5, 0.6) is 5.75 Å². The van der Waals surface area contributed by atoms with Gasteiger partial charge >= 0.3 is 0 Å². The van der Waals surface area contributed by atoms with Crippen molar-refractivity contribution in [3.8, 4) is 5.75 Å². The van der Waals surface area contributed by atoms with Gasteiger partial charge in [0.2, 0.25) is 11.8 Å². The first-order valence-electron chi connectivity index (χ1n) is 10.5. The van der Waals surface area contributed by atoms with E-state index in [1.54, 1.807) is 43.5 Å². The highest BCUT2D eigenvalue weighted by Gasteiger charge is 2.70. The van der Waals surface area contributed by atoms with Gasteiger partial charge in [0.05, 0.1) is 35.3 Å². The van der Waals surface area contributed by atoms with Crippen LogP contribution in [-0.4, -0.2) is 35.7 Å². The minimum Gasteiger partial charge on any atom is -0.497 e. The van der Waals surface area contributed by atoms with Gasteiger partial charge in [0, 0.05) is 29.5 Å². The lowest BCUT2D eigenvalue weighted by molar-refractivity contribution is -0.384. The highest BCUT2D eigenvalue weighted by Crippen LogP contribution is 2.62. The van der Waals surface area contributed by atoms with Crippen molar-refractivity contribution in [1.82, 2.24) is 0 Å². The van der Waals surface area contributed by atoms with Crippen LogP contribution in [0, 0.1) is 39.7 Å². The van der Waals surface area contributed by atoms with Gasteiger partial charge in [-0.25, -0.2) is 0 Å². The monoisotopic (exact) mass is 433 g/mol. The molecule has 0 radical (unpaired) electrons. The predicted molar refractivity (Wildman–Crippen MR) is 112 cm³/mol. The molecule has 0 N–H and O–H groups in total. The molecule has 6 atom stereocenters. The van der Waals surface area contributed by atoms with E-state index >= 15 is 0 Å². The molecule has 4 aliphatic rings. The highest BCUT2D eigenvalue weighted by molar-refractivity contribution is 6.23. The number of fused-ring (bicyclic) bond motifs is 8. The summed E-state index contributed by atoms with van der Waals surface area (Å²) in [4.78, 5) is 44.3. The Labute approximate surface area is 182 Å². The third-order valence-electron chi connectivity index (χ3n) is 7.40. The highest BCUT2D eigenvalue weighted by atomic mass is 16.6. The van der Waals surface area contributed by atoms with E-state index in [1.807, 2.05) is 0 Å². The zero-order valence-electron chi connectivity index (χ0n) is 17.1. The van der Waals surface area contributed by atoms with Crippen LogP contribution in [0.3, 0.4) is 0 Å². The van der Waals surface area contributed by atoms with Crippen molar-refractivity contribution >= 4 is 28.9 Å². The molecule has 6 rings (SSSR count). The van der Waals surface area contributed by atoms with Crippen LogP contribution in [0.15, 0.2) is 53.7 Å². The molecule has 2 saturated carbocycles. The van der Waals surface area contributed by atoms with Gasteiger partial charge in [0.15, 0.2) is 0 Å². The molecule has 2 aliphatic heterocycles. The molecule has 9 nitrogen and oxygen atoms in total. The second-order valence-electron chi connectivity index (χ2n) is 8.70. The Morgan fingerprint density at radius 2 is 1.66 bits per heavy atom. The van der Waals surface area contributed by atoms with E-state index in [2.05, 4.69) is 5.16 Å². The molecule has 2 aromatic carbocycles. The number of oxime groups is 1. The first-order chi connectivity index (χ1) is 15.5. The molecule has 0 unspecified atom stereocenters. The van der Waals surface area contributed by atoms with Crippen molar-refractivity contribution in [3.63, 3.8) is 0 Å². The minimum absolute atomic E-state index is 0.00419. The molecule has 3 fully saturated rings. The van der Waals surface area contributed by atoms with Gasteiger partial charge in [0.25, 0.3) is 5.69 Å². The molecule has 32 heavy (non-hydrogen) atoms. The summed E-state index contributed by atoms with van der Waals surface area (Å²) in [5, 5.41) is 15.2. The average Bonchev–Trinajstić information content (AvgIpc) is 3.54. The first kappa shape index (κ1) is 19.0. The summed E-state index contributed by atoms with van der Waals surface area (Å²) < 4.78 is 5.17. The van der Waals surface area contributed by atoms with Crippen molar-refractivity contribution in [2.45, 2.75) is 12.5 Å². The summed E-state index contributed by atoms with van der Waals surface area (Å²) in [6, 6.07) is 13.1. The van der Waals surface area contributed by atoms with Crippen LogP contribution >= 0.6 is 0 Å². The molecule has 9 heteroatoms. The number of anilines is 1. The lowest BCUT2D eigenvalue weighted by Crippen LogP contribution is -2.41. The number of carbonyl (C=O) groups excluding carboxylic acids is 2. The Morgan fingerprint density at radius 3 is 2.28 bits per heavy atom. The van der Waals surface area contributed by atoms with E-state index in [0.29, 0.717) is 17.1 Å². The Morgan fingerprint density at radius 1 is 1.00 bits per heavy atom. The fraction of sp³-hybridized carbons (Fsp3) is 0.348. The lowest BCUT2D eigenvalue weighted by Gasteiger charge is -2.29. The molecule has 162 valence electrons. The van der Waals surface area contributed by atoms with Crippen molar-refractivity contribution < 1.29 is 24.1 Å². The molecule has 2 amide bonds. The van der Waals surface area contributed by atoms with E-state index < -0.39 is 16.8 Å². The summed E-state index contributed by atoms with van der Waals surface area (Å²) in [5.74, 6) is -0.729. The van der Waals surface area contributed by atoms with E-state index in [1.165, 1.54) is 17.0 Å². The lowest BCUT2D eigenvalue weighted by atomic mass is 9.71. The Kier molecular flexibility index (Phi) is 3.93. The minimum atomic E-state index is -0.446. The largest absolute Gasteiger partial charge is 0.497 e. The van der Waals surface area contributed by atoms with Crippen molar-refractivity contribution in [3.05, 3.63) is 64.2 Å². The molecule has 0 spiro atoms. The number of benzene rings is 2. The number of hydrogen-bond acceptors (Lipinski definition) is 7. The second kappa shape index (κ2) is 6.62. The van der Waals surface area contributed by atoms with Crippen LogP contribution in [0.2, 0.25) is 0 Å². The van der Waals surface area contributed by atoms with E-state index in [9.17, 15) is 19.7 Å². The number of nitro benzene ring substituents is 1. The van der Waals surface area contributed by atoms with Crippen LogP contribution in [0.25, 0.3) is 0 Å². The third-order valence-corrected chi connectivity index (χ3v) is 7.40. The zero-order chi connectivity index (χ0) is 22.1. The molecular weight excluding hydrogens is 414 g/mol. The second-order valence-corrected chi connectivity index (χ2v) is 8.70. The fourth-order valence-corrected chi connectivity index (χ4v) is 6.10. The molecular formula is C23H19N3O6. The standard InChI is InChI=1S/C23H19N3O6/c1-31-14-8-6-12(7-9-14)25-22(27)17-15-10-16(18(17)23(25)28)21-19(15)20(24-32-21)11-2-4-13(5-3-11)26(29)30/h2-9,15-19,21H,10H2,1H3/t15-,16-,17+,18-,19-,21-/m1/s1. The maximum Gasteiger partial charge on any atom is 0.269 e. The van der Waals surface area contributed by atoms with Gasteiger partial charge in [-0.2, -0.15) is 0 Å². The summed E-state index contributed by atoms with van der Waals surface area (Å²) in [7, 11) is 1.56. The SMILES string of the molecule is COc1ccc(N2C(=O)[C@@H]3[C@H]4C[C@@H]([C@@H]5C(c6ccc([N+](=O)[O-])cc6)=NO[C@H]45)[C@@H]3C2=O)cc1. The summed E-state index contributed by atoms with van der Waals surface area (Å²) >= 11 is 0. The Hall–Kier alpha value is -3.75. The first-order valence-corrected chi connectivity index (χ1v) is 10.5. The third kappa shape index (κ3) is 2.41. The van der Waals surface area contributed by atoms with Gasteiger partial charge in [-0.05, 0) is 48.7 Å². The number of non-ortho nitro benzene ring substituents is 1. The Bertz CT molecular complexity index is 1180. The van der Waals surface area contributed by atoms with Gasteiger partial charge in [-0.1, -0.05) is 5.16 Å². The fourth-order valence-electron chi connectivity index (χ4n) is 6.10. The molecule has 2 aliphatic carbocycles. The average molecular weight is 433 g/mol.